The van der Waals surface area contributed by atoms with Crippen LogP contribution in [-0.2, 0) is 11.3 Å². The molecular formula is C20H21N3OS. The Labute approximate surface area is 151 Å². The van der Waals surface area contributed by atoms with Gasteiger partial charge in [0.15, 0.2) is 0 Å². The number of para-hydroxylation sites is 2. The van der Waals surface area contributed by atoms with Crippen LogP contribution in [0.25, 0.3) is 11.0 Å². The summed E-state index contributed by atoms with van der Waals surface area (Å²) in [6.07, 6.45) is 2.77. The molecule has 0 bridgehead atoms. The van der Waals surface area contributed by atoms with Gasteiger partial charge in [0.05, 0.1) is 17.4 Å². The van der Waals surface area contributed by atoms with Gasteiger partial charge >= 0.3 is 0 Å². The van der Waals surface area contributed by atoms with E-state index in [1.165, 1.54) is 5.56 Å². The van der Waals surface area contributed by atoms with Gasteiger partial charge in [-0.2, -0.15) is 11.8 Å². The molecule has 2 aromatic carbocycles. The maximum atomic E-state index is 12.8. The second-order valence-electron chi connectivity index (χ2n) is 6.30. The van der Waals surface area contributed by atoms with E-state index in [1.54, 1.807) is 6.33 Å². The van der Waals surface area contributed by atoms with Gasteiger partial charge in [-0.1, -0.05) is 42.5 Å². The zero-order chi connectivity index (χ0) is 17.1. The molecule has 1 atom stereocenters. The predicted octanol–water partition coefficient (Wildman–Crippen LogP) is 3.74. The Morgan fingerprint density at radius 1 is 1.08 bits per heavy atom. The Hall–Kier alpha value is -2.27. The molecule has 0 aliphatic carbocycles. The summed E-state index contributed by atoms with van der Waals surface area (Å²) >= 11 is 1.96. The van der Waals surface area contributed by atoms with Crippen molar-refractivity contribution in [3.8, 4) is 0 Å². The predicted molar refractivity (Wildman–Crippen MR) is 103 cm³/mol. The third-order valence-corrected chi connectivity index (χ3v) is 6.03. The molecule has 1 saturated heterocycles. The number of nitrogens with zero attached hydrogens (tertiary/aromatic N) is 3. The van der Waals surface area contributed by atoms with Crippen molar-refractivity contribution in [2.24, 2.45) is 0 Å². The van der Waals surface area contributed by atoms with E-state index >= 15 is 0 Å². The van der Waals surface area contributed by atoms with Crippen molar-refractivity contribution in [2.75, 3.05) is 18.8 Å². The fourth-order valence-electron chi connectivity index (χ4n) is 3.34. The van der Waals surface area contributed by atoms with Crippen LogP contribution in [0.2, 0.25) is 0 Å². The average molecular weight is 351 g/mol. The molecule has 25 heavy (non-hydrogen) atoms. The zero-order valence-electron chi connectivity index (χ0n) is 14.0. The number of fused-ring (bicyclic) bond motifs is 1. The fraction of sp³-hybridized carbons (Fsp3) is 0.300. The van der Waals surface area contributed by atoms with E-state index in [2.05, 4.69) is 35.3 Å². The number of imidazole rings is 1. The molecule has 1 amide bonds. The van der Waals surface area contributed by atoms with Crippen molar-refractivity contribution in [3.05, 3.63) is 66.5 Å². The van der Waals surface area contributed by atoms with Crippen LogP contribution in [0.15, 0.2) is 60.9 Å². The highest BCUT2D eigenvalue weighted by Crippen LogP contribution is 2.34. The second kappa shape index (κ2) is 7.31. The van der Waals surface area contributed by atoms with Gasteiger partial charge in [0, 0.05) is 24.1 Å². The lowest BCUT2D eigenvalue weighted by Gasteiger charge is -2.20. The lowest BCUT2D eigenvalue weighted by Crippen LogP contribution is -2.35. The van der Waals surface area contributed by atoms with Gasteiger partial charge in [0.2, 0.25) is 5.91 Å². The minimum absolute atomic E-state index is 0.178. The van der Waals surface area contributed by atoms with Crippen LogP contribution in [0.1, 0.15) is 17.2 Å². The molecular weight excluding hydrogens is 330 g/mol. The smallest absolute Gasteiger partial charge is 0.242 e. The van der Waals surface area contributed by atoms with E-state index in [4.69, 9.17) is 0 Å². The summed E-state index contributed by atoms with van der Waals surface area (Å²) in [5.41, 5.74) is 3.32. The summed E-state index contributed by atoms with van der Waals surface area (Å²) in [5, 5.41) is 0.480. The molecule has 4 rings (SSSR count). The summed E-state index contributed by atoms with van der Waals surface area (Å²) in [5.74, 6) is 1.16. The van der Waals surface area contributed by atoms with Crippen LogP contribution >= 0.6 is 11.8 Å². The van der Waals surface area contributed by atoms with Crippen molar-refractivity contribution in [3.63, 3.8) is 0 Å². The normalized spacial score (nSPS) is 18.2. The number of thioether (sulfide) groups is 1. The molecule has 2 heterocycles. The number of carbonyl (C=O) groups excluding carboxylic acids is 1. The van der Waals surface area contributed by atoms with Crippen molar-refractivity contribution in [1.29, 1.82) is 0 Å². The lowest BCUT2D eigenvalue weighted by atomic mass is 10.1. The van der Waals surface area contributed by atoms with E-state index < -0.39 is 0 Å². The quantitative estimate of drug-likeness (QED) is 0.721. The number of hydrogen-bond donors (Lipinski definition) is 0. The SMILES string of the molecule is O=C(Cn1cnc2ccccc21)N1CCSC(c2ccccc2)CC1. The van der Waals surface area contributed by atoms with Crippen LogP contribution in [-0.4, -0.2) is 39.2 Å². The zero-order valence-corrected chi connectivity index (χ0v) is 14.9. The first-order valence-corrected chi connectivity index (χ1v) is 9.70. The Bertz CT molecular complexity index is 862. The molecule has 0 radical (unpaired) electrons. The first kappa shape index (κ1) is 16.2. The van der Waals surface area contributed by atoms with Gasteiger partial charge in [-0.15, -0.1) is 0 Å². The van der Waals surface area contributed by atoms with Gasteiger partial charge < -0.3 is 9.47 Å². The number of rotatable bonds is 3. The minimum atomic E-state index is 0.178. The summed E-state index contributed by atoms with van der Waals surface area (Å²) in [6.45, 7) is 2.00. The van der Waals surface area contributed by atoms with Gasteiger partial charge in [0.25, 0.3) is 0 Å². The van der Waals surface area contributed by atoms with E-state index in [9.17, 15) is 4.79 Å². The Morgan fingerprint density at radius 3 is 2.76 bits per heavy atom. The number of aromatic nitrogens is 2. The minimum Gasteiger partial charge on any atom is -0.340 e. The summed E-state index contributed by atoms with van der Waals surface area (Å²) in [7, 11) is 0. The van der Waals surface area contributed by atoms with Crippen molar-refractivity contribution >= 4 is 28.7 Å². The van der Waals surface area contributed by atoms with Crippen LogP contribution in [0.4, 0.5) is 0 Å². The molecule has 0 saturated carbocycles. The number of benzene rings is 2. The van der Waals surface area contributed by atoms with E-state index in [-0.39, 0.29) is 5.91 Å². The summed E-state index contributed by atoms with van der Waals surface area (Å²) in [4.78, 5) is 19.2. The van der Waals surface area contributed by atoms with Crippen LogP contribution in [0.5, 0.6) is 0 Å². The molecule has 1 aliphatic heterocycles. The summed E-state index contributed by atoms with van der Waals surface area (Å²) < 4.78 is 1.95. The monoisotopic (exact) mass is 351 g/mol. The Balaban J connectivity index is 1.43. The molecule has 1 aromatic heterocycles. The number of hydrogen-bond acceptors (Lipinski definition) is 3. The van der Waals surface area contributed by atoms with Gasteiger partial charge in [-0.3, -0.25) is 4.79 Å². The molecule has 128 valence electrons. The largest absolute Gasteiger partial charge is 0.340 e. The van der Waals surface area contributed by atoms with Gasteiger partial charge in [-0.25, -0.2) is 4.98 Å². The third-order valence-electron chi connectivity index (χ3n) is 4.70. The highest BCUT2D eigenvalue weighted by atomic mass is 32.2. The summed E-state index contributed by atoms with van der Waals surface area (Å²) in [6, 6.07) is 18.6. The Morgan fingerprint density at radius 2 is 1.88 bits per heavy atom. The standard InChI is InChI=1S/C20H21N3OS/c24-20(14-23-15-21-17-8-4-5-9-18(17)23)22-11-10-19(25-13-12-22)16-6-2-1-3-7-16/h1-9,15,19H,10-14H2. The van der Waals surface area contributed by atoms with E-state index in [0.717, 1.165) is 36.3 Å². The third kappa shape index (κ3) is 3.56. The second-order valence-corrected chi connectivity index (χ2v) is 7.61. The molecule has 1 fully saturated rings. The van der Waals surface area contributed by atoms with Crippen LogP contribution in [0, 0.1) is 0 Å². The molecule has 5 heteroatoms. The average Bonchev–Trinajstić information content (AvgIpc) is 2.90. The maximum absolute atomic E-state index is 12.8. The first-order chi connectivity index (χ1) is 12.3. The fourth-order valence-corrected chi connectivity index (χ4v) is 4.57. The topological polar surface area (TPSA) is 38.1 Å². The molecule has 1 aliphatic rings. The molecule has 4 nitrogen and oxygen atoms in total. The van der Waals surface area contributed by atoms with E-state index in [1.807, 2.05) is 45.5 Å². The van der Waals surface area contributed by atoms with Gasteiger partial charge in [0.1, 0.15) is 6.54 Å². The van der Waals surface area contributed by atoms with Crippen molar-refractivity contribution in [1.82, 2.24) is 14.5 Å². The lowest BCUT2D eigenvalue weighted by molar-refractivity contribution is -0.131. The molecule has 3 aromatic rings. The highest BCUT2D eigenvalue weighted by molar-refractivity contribution is 7.99. The number of carbonyl (C=O) groups is 1. The first-order valence-electron chi connectivity index (χ1n) is 8.65. The van der Waals surface area contributed by atoms with Crippen molar-refractivity contribution < 1.29 is 4.79 Å². The van der Waals surface area contributed by atoms with Gasteiger partial charge in [-0.05, 0) is 24.1 Å². The maximum Gasteiger partial charge on any atom is 0.242 e. The highest BCUT2D eigenvalue weighted by Gasteiger charge is 2.22. The van der Waals surface area contributed by atoms with Crippen molar-refractivity contribution in [2.45, 2.75) is 18.2 Å². The van der Waals surface area contributed by atoms with E-state index in [0.29, 0.717) is 11.8 Å². The molecule has 0 spiro atoms. The molecule has 0 N–H and O–H groups in total. The Kier molecular flexibility index (Phi) is 4.74. The molecule has 1 unspecified atom stereocenters. The number of amides is 1. The van der Waals surface area contributed by atoms with Crippen LogP contribution < -0.4 is 0 Å². The van der Waals surface area contributed by atoms with Crippen LogP contribution in [0.3, 0.4) is 0 Å².